The molecule has 0 heterocycles. The monoisotopic (exact) mass is 447 g/mol. The summed E-state index contributed by atoms with van der Waals surface area (Å²) in [6.45, 7) is 1.88. The molecule has 3 rings (SSSR count). The molecule has 0 bridgehead atoms. The lowest BCUT2D eigenvalue weighted by molar-refractivity contribution is -0.385. The van der Waals surface area contributed by atoms with E-state index in [1.165, 1.54) is 42.5 Å². The molecule has 0 fully saturated rings. The largest absolute Gasteiger partial charge is 0.280 e. The van der Waals surface area contributed by atoms with E-state index in [1.54, 1.807) is 24.3 Å². The number of sulfonamides is 2. The molecule has 30 heavy (non-hydrogen) atoms. The van der Waals surface area contributed by atoms with Crippen molar-refractivity contribution in [1.82, 2.24) is 0 Å². The summed E-state index contributed by atoms with van der Waals surface area (Å²) in [4.78, 5) is 9.81. The van der Waals surface area contributed by atoms with E-state index in [1.807, 2.05) is 6.92 Å². The van der Waals surface area contributed by atoms with E-state index in [9.17, 15) is 26.9 Å². The smallest absolute Gasteiger partial charge is 0.270 e. The number of aryl methyl sites for hydroxylation is 1. The molecule has 11 heteroatoms. The molecule has 156 valence electrons. The van der Waals surface area contributed by atoms with E-state index in [-0.39, 0.29) is 21.2 Å². The summed E-state index contributed by atoms with van der Waals surface area (Å²) in [6.07, 6.45) is 0. The third-order valence-corrected chi connectivity index (χ3v) is 6.84. The molecule has 0 aliphatic rings. The number of nitrogens with one attached hydrogen (secondary N) is 2. The number of nitrogens with zero attached hydrogens (tertiary/aromatic N) is 1. The van der Waals surface area contributed by atoms with Crippen LogP contribution in [0.4, 0.5) is 17.1 Å². The topological polar surface area (TPSA) is 135 Å². The number of nitro benzene ring substituents is 1. The number of rotatable bonds is 7. The van der Waals surface area contributed by atoms with Crippen LogP contribution >= 0.6 is 0 Å². The van der Waals surface area contributed by atoms with Crippen molar-refractivity contribution in [2.75, 3.05) is 9.44 Å². The van der Waals surface area contributed by atoms with Crippen molar-refractivity contribution in [3.8, 4) is 0 Å². The molecule has 3 aromatic rings. The van der Waals surface area contributed by atoms with Gasteiger partial charge in [0, 0.05) is 23.5 Å². The van der Waals surface area contributed by atoms with Crippen LogP contribution in [0.2, 0.25) is 0 Å². The van der Waals surface area contributed by atoms with Gasteiger partial charge in [-0.3, -0.25) is 19.6 Å². The first kappa shape index (κ1) is 21.3. The summed E-state index contributed by atoms with van der Waals surface area (Å²) in [6, 6.07) is 16.5. The van der Waals surface area contributed by atoms with Crippen LogP contribution in [0, 0.1) is 17.0 Å². The van der Waals surface area contributed by atoms with Crippen molar-refractivity contribution < 1.29 is 21.8 Å². The predicted octanol–water partition coefficient (Wildman–Crippen LogP) is 3.50. The Balaban J connectivity index is 1.79. The molecule has 0 aromatic heterocycles. The van der Waals surface area contributed by atoms with Crippen LogP contribution in [-0.4, -0.2) is 21.8 Å². The first-order valence-electron chi connectivity index (χ1n) is 8.54. The van der Waals surface area contributed by atoms with Gasteiger partial charge in [0.1, 0.15) is 0 Å². The van der Waals surface area contributed by atoms with Gasteiger partial charge in [-0.15, -0.1) is 0 Å². The molecule has 0 unspecified atom stereocenters. The molecular formula is C19H17N3O6S2. The minimum absolute atomic E-state index is 0.0543. The lowest BCUT2D eigenvalue weighted by Gasteiger charge is -2.11. The van der Waals surface area contributed by atoms with Gasteiger partial charge in [-0.25, -0.2) is 16.8 Å². The lowest BCUT2D eigenvalue weighted by Crippen LogP contribution is -2.14. The van der Waals surface area contributed by atoms with E-state index in [0.717, 1.165) is 11.6 Å². The Morgan fingerprint density at radius 2 is 1.23 bits per heavy atom. The van der Waals surface area contributed by atoms with Crippen LogP contribution < -0.4 is 9.44 Å². The van der Waals surface area contributed by atoms with Crippen LogP contribution in [0.5, 0.6) is 0 Å². The van der Waals surface area contributed by atoms with Crippen molar-refractivity contribution in [3.05, 3.63) is 88.5 Å². The number of anilines is 2. The van der Waals surface area contributed by atoms with Crippen molar-refractivity contribution in [2.24, 2.45) is 0 Å². The van der Waals surface area contributed by atoms with Gasteiger partial charge >= 0.3 is 0 Å². The maximum Gasteiger partial charge on any atom is 0.270 e. The summed E-state index contributed by atoms with van der Waals surface area (Å²) in [5.41, 5.74) is 1.13. The molecule has 0 radical (unpaired) electrons. The fourth-order valence-electron chi connectivity index (χ4n) is 2.52. The van der Waals surface area contributed by atoms with E-state index >= 15 is 0 Å². The quantitative estimate of drug-likeness (QED) is 0.420. The Kier molecular flexibility index (Phi) is 5.76. The predicted molar refractivity (Wildman–Crippen MR) is 112 cm³/mol. The lowest BCUT2D eigenvalue weighted by atomic mass is 10.2. The summed E-state index contributed by atoms with van der Waals surface area (Å²) < 4.78 is 54.6. The standard InChI is InChI=1S/C19H17N3O6S2/c1-14-5-7-15(8-6-14)20-29(25,26)18-11-9-16(10-12-18)21-30(27,28)19-4-2-3-17(13-19)22(23)24/h2-13,20-21H,1H3. The van der Waals surface area contributed by atoms with Crippen LogP contribution in [0.3, 0.4) is 0 Å². The zero-order valence-corrected chi connectivity index (χ0v) is 17.3. The molecule has 0 aliphatic carbocycles. The van der Waals surface area contributed by atoms with E-state index in [4.69, 9.17) is 0 Å². The fourth-order valence-corrected chi connectivity index (χ4v) is 4.67. The Hall–Kier alpha value is -3.44. The van der Waals surface area contributed by atoms with Crippen molar-refractivity contribution in [2.45, 2.75) is 16.7 Å². The third kappa shape index (κ3) is 4.93. The van der Waals surface area contributed by atoms with Gasteiger partial charge in [0.05, 0.1) is 14.7 Å². The second-order valence-corrected chi connectivity index (χ2v) is 9.72. The highest BCUT2D eigenvalue weighted by Crippen LogP contribution is 2.22. The third-order valence-electron chi connectivity index (χ3n) is 4.06. The molecule has 3 aromatic carbocycles. The molecule has 0 saturated heterocycles. The van der Waals surface area contributed by atoms with Gasteiger partial charge < -0.3 is 0 Å². The van der Waals surface area contributed by atoms with E-state index < -0.39 is 25.0 Å². The summed E-state index contributed by atoms with van der Waals surface area (Å²) in [7, 11) is -7.95. The zero-order valence-electron chi connectivity index (χ0n) is 15.6. The summed E-state index contributed by atoms with van der Waals surface area (Å²) >= 11 is 0. The molecule has 2 N–H and O–H groups in total. The van der Waals surface area contributed by atoms with Gasteiger partial charge in [0.25, 0.3) is 25.7 Å². The van der Waals surface area contributed by atoms with Gasteiger partial charge in [0.15, 0.2) is 0 Å². The number of hydrogen-bond donors (Lipinski definition) is 2. The summed E-state index contributed by atoms with van der Waals surface area (Å²) in [5.74, 6) is 0. The van der Waals surface area contributed by atoms with E-state index in [2.05, 4.69) is 9.44 Å². The fraction of sp³-hybridized carbons (Fsp3) is 0.0526. The normalized spacial score (nSPS) is 11.6. The highest BCUT2D eigenvalue weighted by atomic mass is 32.2. The Bertz CT molecular complexity index is 1290. The van der Waals surface area contributed by atoms with Gasteiger partial charge in [0.2, 0.25) is 0 Å². The van der Waals surface area contributed by atoms with Gasteiger partial charge in [-0.05, 0) is 49.4 Å². The van der Waals surface area contributed by atoms with E-state index in [0.29, 0.717) is 5.69 Å². The average molecular weight is 447 g/mol. The molecule has 0 atom stereocenters. The van der Waals surface area contributed by atoms with Gasteiger partial charge in [-0.2, -0.15) is 0 Å². The molecular weight excluding hydrogens is 430 g/mol. The maximum atomic E-state index is 12.5. The highest BCUT2D eigenvalue weighted by molar-refractivity contribution is 7.93. The molecule has 0 saturated carbocycles. The molecule has 9 nitrogen and oxygen atoms in total. The minimum atomic E-state index is -4.09. The second kappa shape index (κ2) is 8.13. The summed E-state index contributed by atoms with van der Waals surface area (Å²) in [5, 5.41) is 10.8. The van der Waals surface area contributed by atoms with Crippen LogP contribution in [-0.2, 0) is 20.0 Å². The highest BCUT2D eigenvalue weighted by Gasteiger charge is 2.19. The first-order valence-corrected chi connectivity index (χ1v) is 11.5. The minimum Gasteiger partial charge on any atom is -0.280 e. The first-order chi connectivity index (χ1) is 14.1. The molecule has 0 aliphatic heterocycles. The Morgan fingerprint density at radius 3 is 1.77 bits per heavy atom. The number of hydrogen-bond acceptors (Lipinski definition) is 6. The number of non-ortho nitro benzene ring substituents is 1. The van der Waals surface area contributed by atoms with Crippen molar-refractivity contribution in [3.63, 3.8) is 0 Å². The van der Waals surface area contributed by atoms with Crippen LogP contribution in [0.1, 0.15) is 5.56 Å². The zero-order chi connectivity index (χ0) is 21.9. The SMILES string of the molecule is Cc1ccc(NS(=O)(=O)c2ccc(NS(=O)(=O)c3cccc([N+](=O)[O-])c3)cc2)cc1. The molecule has 0 spiro atoms. The maximum absolute atomic E-state index is 12.5. The Labute approximate surface area is 173 Å². The second-order valence-electron chi connectivity index (χ2n) is 6.36. The van der Waals surface area contributed by atoms with Gasteiger partial charge in [-0.1, -0.05) is 23.8 Å². The average Bonchev–Trinajstić information content (AvgIpc) is 2.70. The van der Waals surface area contributed by atoms with Crippen molar-refractivity contribution in [1.29, 1.82) is 0 Å². The van der Waals surface area contributed by atoms with Crippen molar-refractivity contribution >= 4 is 37.1 Å². The van der Waals surface area contributed by atoms with Crippen LogP contribution in [0.15, 0.2) is 82.6 Å². The number of nitro groups is 1. The Morgan fingerprint density at radius 1 is 0.733 bits per heavy atom. The number of benzene rings is 3. The van der Waals surface area contributed by atoms with Crippen LogP contribution in [0.25, 0.3) is 0 Å². The molecule has 0 amide bonds.